The molecular formula is C10H16N2S. The molecule has 0 saturated heterocycles. The average molecular weight is 196 g/mol. The van der Waals surface area contributed by atoms with E-state index in [4.69, 9.17) is 5.73 Å². The van der Waals surface area contributed by atoms with E-state index < -0.39 is 0 Å². The van der Waals surface area contributed by atoms with Crippen LogP contribution in [0.4, 0.5) is 0 Å². The summed E-state index contributed by atoms with van der Waals surface area (Å²) in [5.41, 5.74) is 8.03. The molecule has 1 rings (SSSR count). The van der Waals surface area contributed by atoms with Crippen LogP contribution in [-0.4, -0.2) is 11.0 Å². The van der Waals surface area contributed by atoms with Crippen molar-refractivity contribution >= 4 is 17.4 Å². The minimum absolute atomic E-state index is 0.115. The summed E-state index contributed by atoms with van der Waals surface area (Å²) < 4.78 is 0. The van der Waals surface area contributed by atoms with E-state index in [9.17, 15) is 0 Å². The fraction of sp³-hybridized carbons (Fsp3) is 0.500. The molecule has 0 radical (unpaired) electrons. The number of nitrogens with zero attached hydrogens (tertiary/aromatic N) is 1. The molecule has 1 heterocycles. The van der Waals surface area contributed by atoms with Crippen molar-refractivity contribution in [3.05, 3.63) is 21.2 Å². The van der Waals surface area contributed by atoms with E-state index >= 15 is 0 Å². The second-order valence-electron chi connectivity index (χ2n) is 3.37. The highest BCUT2D eigenvalue weighted by atomic mass is 32.1. The van der Waals surface area contributed by atoms with Crippen LogP contribution in [0.3, 0.4) is 0 Å². The van der Waals surface area contributed by atoms with Crippen molar-refractivity contribution in [2.45, 2.75) is 33.7 Å². The normalized spacial score (nSPS) is 14.7. The van der Waals surface area contributed by atoms with Crippen LogP contribution in [0.2, 0.25) is 0 Å². The number of aromatic nitrogens is 1. The van der Waals surface area contributed by atoms with E-state index in [1.807, 2.05) is 20.8 Å². The molecule has 13 heavy (non-hydrogen) atoms. The molecule has 0 fully saturated rings. The fourth-order valence-electron chi connectivity index (χ4n) is 0.885. The van der Waals surface area contributed by atoms with Crippen molar-refractivity contribution in [3.63, 3.8) is 0 Å². The minimum Gasteiger partial charge on any atom is -0.324 e. The van der Waals surface area contributed by atoms with Gasteiger partial charge in [-0.15, -0.1) is 11.3 Å². The molecule has 0 aliphatic carbocycles. The molecule has 0 aromatic carbocycles. The number of hydrogen-bond donors (Lipinski definition) is 1. The standard InChI is InChI=1S/C10H16N2S/c1-6(7(2)11)5-10-12-8(3)9(4)13-10/h5,7H,11H2,1-4H3/b6-5+. The zero-order valence-electron chi connectivity index (χ0n) is 8.59. The largest absolute Gasteiger partial charge is 0.324 e. The van der Waals surface area contributed by atoms with Gasteiger partial charge in [-0.2, -0.15) is 0 Å². The van der Waals surface area contributed by atoms with Gasteiger partial charge in [0.2, 0.25) is 0 Å². The van der Waals surface area contributed by atoms with Gasteiger partial charge in [0.1, 0.15) is 5.01 Å². The molecular weight excluding hydrogens is 180 g/mol. The predicted molar refractivity (Wildman–Crippen MR) is 58.9 cm³/mol. The third-order valence-corrected chi connectivity index (χ3v) is 3.13. The molecule has 2 nitrogen and oxygen atoms in total. The lowest BCUT2D eigenvalue weighted by Crippen LogP contribution is -2.15. The number of nitrogens with two attached hydrogens (primary N) is 1. The molecule has 0 aliphatic rings. The van der Waals surface area contributed by atoms with E-state index in [0.717, 1.165) is 10.7 Å². The topological polar surface area (TPSA) is 38.9 Å². The van der Waals surface area contributed by atoms with E-state index in [1.165, 1.54) is 10.5 Å². The van der Waals surface area contributed by atoms with Crippen LogP contribution in [-0.2, 0) is 0 Å². The van der Waals surface area contributed by atoms with Crippen molar-refractivity contribution in [1.82, 2.24) is 4.98 Å². The molecule has 3 heteroatoms. The number of hydrogen-bond acceptors (Lipinski definition) is 3. The first-order chi connectivity index (χ1) is 6.00. The van der Waals surface area contributed by atoms with Gasteiger partial charge in [0.15, 0.2) is 0 Å². The molecule has 72 valence electrons. The van der Waals surface area contributed by atoms with Crippen molar-refractivity contribution in [1.29, 1.82) is 0 Å². The van der Waals surface area contributed by atoms with Crippen LogP contribution < -0.4 is 5.73 Å². The molecule has 0 amide bonds. The summed E-state index contributed by atoms with van der Waals surface area (Å²) in [7, 11) is 0. The van der Waals surface area contributed by atoms with Gasteiger partial charge >= 0.3 is 0 Å². The third kappa shape index (κ3) is 2.64. The second-order valence-corrected chi connectivity index (χ2v) is 4.61. The summed E-state index contributed by atoms with van der Waals surface area (Å²) in [4.78, 5) is 5.70. The maximum Gasteiger partial charge on any atom is 0.116 e. The van der Waals surface area contributed by atoms with E-state index in [1.54, 1.807) is 11.3 Å². The lowest BCUT2D eigenvalue weighted by Gasteiger charge is -2.02. The molecule has 0 aliphatic heterocycles. The SMILES string of the molecule is C/C(=C\c1nc(C)c(C)s1)C(C)N. The first-order valence-corrected chi connectivity index (χ1v) is 5.20. The highest BCUT2D eigenvalue weighted by molar-refractivity contribution is 7.12. The van der Waals surface area contributed by atoms with Gasteiger partial charge in [-0.25, -0.2) is 4.98 Å². The molecule has 1 aromatic heterocycles. The van der Waals surface area contributed by atoms with Crippen LogP contribution in [0, 0.1) is 13.8 Å². The fourth-order valence-corrected chi connectivity index (χ4v) is 1.82. The number of thiazole rings is 1. The summed E-state index contributed by atoms with van der Waals surface area (Å²) in [6, 6.07) is 0.115. The Kier molecular flexibility index (Phi) is 3.22. The lowest BCUT2D eigenvalue weighted by molar-refractivity contribution is 0.867. The van der Waals surface area contributed by atoms with Crippen molar-refractivity contribution in [2.75, 3.05) is 0 Å². The van der Waals surface area contributed by atoms with Gasteiger partial charge in [-0.05, 0) is 33.8 Å². The molecule has 1 aromatic rings. The van der Waals surface area contributed by atoms with Crippen molar-refractivity contribution in [3.8, 4) is 0 Å². The molecule has 1 atom stereocenters. The minimum atomic E-state index is 0.115. The Balaban J connectivity index is 2.91. The van der Waals surface area contributed by atoms with E-state index in [0.29, 0.717) is 0 Å². The van der Waals surface area contributed by atoms with Crippen LogP contribution in [0.15, 0.2) is 5.57 Å². The quantitative estimate of drug-likeness (QED) is 0.789. The van der Waals surface area contributed by atoms with Gasteiger partial charge in [-0.1, -0.05) is 5.57 Å². The van der Waals surface area contributed by atoms with Crippen LogP contribution >= 0.6 is 11.3 Å². The van der Waals surface area contributed by atoms with Crippen molar-refractivity contribution < 1.29 is 0 Å². The second kappa shape index (κ2) is 4.03. The number of aryl methyl sites for hydroxylation is 2. The molecule has 0 saturated carbocycles. The average Bonchev–Trinajstić information content (AvgIpc) is 2.31. The van der Waals surface area contributed by atoms with Gasteiger partial charge in [0.25, 0.3) is 0 Å². The molecule has 0 bridgehead atoms. The van der Waals surface area contributed by atoms with Gasteiger partial charge in [0.05, 0.1) is 5.69 Å². The Morgan fingerprint density at radius 3 is 2.54 bits per heavy atom. The summed E-state index contributed by atoms with van der Waals surface area (Å²) in [6.45, 7) is 8.14. The van der Waals surface area contributed by atoms with Crippen LogP contribution in [0.25, 0.3) is 6.08 Å². The zero-order chi connectivity index (χ0) is 10.0. The Bertz CT molecular complexity index is 304. The van der Waals surface area contributed by atoms with Gasteiger partial charge in [-0.3, -0.25) is 0 Å². The Morgan fingerprint density at radius 1 is 1.54 bits per heavy atom. The van der Waals surface area contributed by atoms with E-state index in [2.05, 4.69) is 18.0 Å². The highest BCUT2D eigenvalue weighted by Crippen LogP contribution is 2.19. The smallest absolute Gasteiger partial charge is 0.116 e. The summed E-state index contributed by atoms with van der Waals surface area (Å²) in [5.74, 6) is 0. The first-order valence-electron chi connectivity index (χ1n) is 4.38. The Labute approximate surface area is 83.5 Å². The predicted octanol–water partition coefficient (Wildman–Crippen LogP) is 2.51. The van der Waals surface area contributed by atoms with Crippen LogP contribution in [0.5, 0.6) is 0 Å². The summed E-state index contributed by atoms with van der Waals surface area (Å²) in [5, 5.41) is 1.06. The molecule has 2 N–H and O–H groups in total. The third-order valence-electron chi connectivity index (χ3n) is 2.11. The summed E-state index contributed by atoms with van der Waals surface area (Å²) in [6.07, 6.45) is 2.06. The highest BCUT2D eigenvalue weighted by Gasteiger charge is 2.02. The van der Waals surface area contributed by atoms with Gasteiger partial charge in [0, 0.05) is 10.9 Å². The zero-order valence-corrected chi connectivity index (χ0v) is 9.40. The monoisotopic (exact) mass is 196 g/mol. The first kappa shape index (κ1) is 10.4. The molecule has 1 unspecified atom stereocenters. The van der Waals surface area contributed by atoms with Gasteiger partial charge < -0.3 is 5.73 Å². The Morgan fingerprint density at radius 2 is 2.15 bits per heavy atom. The summed E-state index contributed by atoms with van der Waals surface area (Å²) >= 11 is 1.72. The van der Waals surface area contributed by atoms with Crippen LogP contribution in [0.1, 0.15) is 29.4 Å². The maximum absolute atomic E-state index is 5.74. The van der Waals surface area contributed by atoms with E-state index in [-0.39, 0.29) is 6.04 Å². The Hall–Kier alpha value is -0.670. The van der Waals surface area contributed by atoms with Crippen molar-refractivity contribution in [2.24, 2.45) is 5.73 Å². The number of rotatable bonds is 2. The molecule has 0 spiro atoms. The lowest BCUT2D eigenvalue weighted by atomic mass is 10.1. The maximum atomic E-state index is 5.74.